The Kier molecular flexibility index (Phi) is 6.28. The Morgan fingerprint density at radius 1 is 1.16 bits per heavy atom. The van der Waals surface area contributed by atoms with Crippen LogP contribution in [0.2, 0.25) is 0 Å². The fourth-order valence-electron chi connectivity index (χ4n) is 2.60. The second-order valence-electron chi connectivity index (χ2n) is 7.45. The molecule has 138 valence electrons. The van der Waals surface area contributed by atoms with Gasteiger partial charge in [-0.05, 0) is 46.1 Å². The van der Waals surface area contributed by atoms with Crippen LogP contribution in [-0.4, -0.2) is 41.8 Å². The molecule has 1 aromatic rings. The minimum Gasteiger partial charge on any atom is -0.445 e. The number of likely N-dealkylation sites (tertiary alicyclic amines) is 1. The van der Waals surface area contributed by atoms with Gasteiger partial charge in [0.2, 0.25) is 0 Å². The van der Waals surface area contributed by atoms with E-state index in [1.807, 2.05) is 52.0 Å². The summed E-state index contributed by atoms with van der Waals surface area (Å²) < 4.78 is 10.6. The van der Waals surface area contributed by atoms with Gasteiger partial charge in [-0.1, -0.05) is 29.8 Å². The number of hydrogen-bond donors (Lipinski definition) is 1. The molecule has 1 fully saturated rings. The Morgan fingerprint density at radius 3 is 2.32 bits per heavy atom. The molecular formula is C19H28N2O4. The average Bonchev–Trinajstić information content (AvgIpc) is 2.53. The van der Waals surface area contributed by atoms with Crippen molar-refractivity contribution in [2.45, 2.75) is 58.8 Å². The number of carbonyl (C=O) groups is 2. The van der Waals surface area contributed by atoms with Crippen molar-refractivity contribution in [1.29, 1.82) is 0 Å². The lowest BCUT2D eigenvalue weighted by molar-refractivity contribution is 0.0471. The van der Waals surface area contributed by atoms with E-state index in [0.29, 0.717) is 25.9 Å². The number of amides is 2. The first kappa shape index (κ1) is 19.1. The summed E-state index contributed by atoms with van der Waals surface area (Å²) in [5, 5.41) is 2.86. The molecule has 1 saturated heterocycles. The van der Waals surface area contributed by atoms with Crippen LogP contribution in [0.3, 0.4) is 0 Å². The number of aryl methyl sites for hydroxylation is 1. The maximum Gasteiger partial charge on any atom is 0.410 e. The average molecular weight is 348 g/mol. The van der Waals surface area contributed by atoms with E-state index in [1.54, 1.807) is 4.90 Å². The van der Waals surface area contributed by atoms with E-state index in [4.69, 9.17) is 9.47 Å². The lowest BCUT2D eigenvalue weighted by Gasteiger charge is -2.32. The molecule has 2 rings (SSSR count). The van der Waals surface area contributed by atoms with Gasteiger partial charge in [0.25, 0.3) is 0 Å². The number of ether oxygens (including phenoxy) is 2. The van der Waals surface area contributed by atoms with Crippen LogP contribution in [0.15, 0.2) is 24.3 Å². The molecule has 0 aromatic heterocycles. The van der Waals surface area contributed by atoms with E-state index >= 15 is 0 Å². The predicted octanol–water partition coefficient (Wildman–Crippen LogP) is 3.62. The maximum atomic E-state index is 12.1. The molecular weight excluding hydrogens is 320 g/mol. The molecule has 0 atom stereocenters. The van der Waals surface area contributed by atoms with Crippen molar-refractivity contribution in [3.8, 4) is 0 Å². The van der Waals surface area contributed by atoms with Gasteiger partial charge in [0.05, 0.1) is 0 Å². The van der Waals surface area contributed by atoms with Crippen LogP contribution in [0, 0.1) is 6.92 Å². The molecule has 6 nitrogen and oxygen atoms in total. The molecule has 0 spiro atoms. The van der Waals surface area contributed by atoms with Crippen molar-refractivity contribution < 1.29 is 19.1 Å². The third-order valence-corrected chi connectivity index (χ3v) is 3.96. The molecule has 0 saturated carbocycles. The zero-order valence-corrected chi connectivity index (χ0v) is 15.5. The standard InChI is InChI=1S/C19H28N2O4/c1-14-5-7-15(8-6-14)13-24-18(23)21-11-9-16(10-12-21)20-17(22)25-19(2,3)4/h5-8,16H,9-13H2,1-4H3,(H,20,22). The van der Waals surface area contributed by atoms with E-state index in [0.717, 1.165) is 5.56 Å². The molecule has 0 bridgehead atoms. The Balaban J connectivity index is 1.71. The minimum absolute atomic E-state index is 0.0241. The normalized spacial score (nSPS) is 15.6. The zero-order valence-electron chi connectivity index (χ0n) is 15.5. The smallest absolute Gasteiger partial charge is 0.410 e. The van der Waals surface area contributed by atoms with Crippen LogP contribution in [0.25, 0.3) is 0 Å². The third-order valence-electron chi connectivity index (χ3n) is 3.96. The number of benzene rings is 1. The Morgan fingerprint density at radius 2 is 1.76 bits per heavy atom. The Hall–Kier alpha value is -2.24. The monoisotopic (exact) mass is 348 g/mol. The Labute approximate surface area is 149 Å². The quantitative estimate of drug-likeness (QED) is 0.906. The SMILES string of the molecule is Cc1ccc(COC(=O)N2CCC(NC(=O)OC(C)(C)C)CC2)cc1. The maximum absolute atomic E-state index is 12.1. The fraction of sp³-hybridized carbons (Fsp3) is 0.579. The molecule has 25 heavy (non-hydrogen) atoms. The summed E-state index contributed by atoms with van der Waals surface area (Å²) in [6.45, 7) is 8.92. The van der Waals surface area contributed by atoms with Crippen molar-refractivity contribution >= 4 is 12.2 Å². The van der Waals surface area contributed by atoms with Crippen molar-refractivity contribution in [2.24, 2.45) is 0 Å². The number of nitrogens with one attached hydrogen (secondary N) is 1. The van der Waals surface area contributed by atoms with Crippen LogP contribution in [0.4, 0.5) is 9.59 Å². The molecule has 1 aliphatic heterocycles. The second kappa shape index (κ2) is 8.23. The molecule has 2 amide bonds. The zero-order chi connectivity index (χ0) is 18.4. The summed E-state index contributed by atoms with van der Waals surface area (Å²) in [4.78, 5) is 25.6. The number of rotatable bonds is 3. The summed E-state index contributed by atoms with van der Waals surface area (Å²) >= 11 is 0. The van der Waals surface area contributed by atoms with Gasteiger partial charge in [-0.15, -0.1) is 0 Å². The fourth-order valence-corrected chi connectivity index (χ4v) is 2.60. The molecule has 1 N–H and O–H groups in total. The van der Waals surface area contributed by atoms with Crippen molar-refractivity contribution in [2.75, 3.05) is 13.1 Å². The number of alkyl carbamates (subject to hydrolysis) is 1. The van der Waals surface area contributed by atoms with E-state index in [9.17, 15) is 9.59 Å². The molecule has 1 aliphatic rings. The predicted molar refractivity (Wildman–Crippen MR) is 95.3 cm³/mol. The highest BCUT2D eigenvalue weighted by Gasteiger charge is 2.26. The molecule has 0 radical (unpaired) electrons. The van der Waals surface area contributed by atoms with E-state index in [2.05, 4.69) is 5.32 Å². The number of piperidine rings is 1. The lowest BCUT2D eigenvalue weighted by atomic mass is 10.1. The van der Waals surface area contributed by atoms with E-state index in [1.165, 1.54) is 5.56 Å². The number of carbonyl (C=O) groups excluding carboxylic acids is 2. The summed E-state index contributed by atoms with van der Waals surface area (Å²) in [5.74, 6) is 0. The summed E-state index contributed by atoms with van der Waals surface area (Å²) in [6.07, 6.45) is 0.668. The third kappa shape index (κ3) is 6.64. The highest BCUT2D eigenvalue weighted by Crippen LogP contribution is 2.14. The van der Waals surface area contributed by atoms with Gasteiger partial charge >= 0.3 is 12.2 Å². The van der Waals surface area contributed by atoms with Gasteiger partial charge in [-0.25, -0.2) is 9.59 Å². The first-order valence-corrected chi connectivity index (χ1v) is 8.70. The lowest BCUT2D eigenvalue weighted by Crippen LogP contribution is -2.47. The van der Waals surface area contributed by atoms with Crippen molar-refractivity contribution in [3.63, 3.8) is 0 Å². The van der Waals surface area contributed by atoms with Gasteiger partial charge in [0.1, 0.15) is 12.2 Å². The van der Waals surface area contributed by atoms with Gasteiger partial charge in [0.15, 0.2) is 0 Å². The highest BCUT2D eigenvalue weighted by molar-refractivity contribution is 5.69. The minimum atomic E-state index is -0.509. The van der Waals surface area contributed by atoms with Crippen molar-refractivity contribution in [1.82, 2.24) is 10.2 Å². The molecule has 6 heteroatoms. The van der Waals surface area contributed by atoms with Crippen LogP contribution in [0.5, 0.6) is 0 Å². The highest BCUT2D eigenvalue weighted by atomic mass is 16.6. The molecule has 0 aliphatic carbocycles. The molecule has 1 aromatic carbocycles. The second-order valence-corrected chi connectivity index (χ2v) is 7.45. The van der Waals surface area contributed by atoms with Crippen LogP contribution >= 0.6 is 0 Å². The van der Waals surface area contributed by atoms with Gasteiger partial charge in [0, 0.05) is 19.1 Å². The van der Waals surface area contributed by atoms with Gasteiger partial charge < -0.3 is 19.7 Å². The van der Waals surface area contributed by atoms with Crippen LogP contribution < -0.4 is 5.32 Å². The number of hydrogen-bond acceptors (Lipinski definition) is 4. The van der Waals surface area contributed by atoms with Crippen molar-refractivity contribution in [3.05, 3.63) is 35.4 Å². The van der Waals surface area contributed by atoms with E-state index < -0.39 is 11.7 Å². The van der Waals surface area contributed by atoms with Crippen LogP contribution in [0.1, 0.15) is 44.7 Å². The van der Waals surface area contributed by atoms with Gasteiger partial charge in [-0.2, -0.15) is 0 Å². The molecule has 1 heterocycles. The number of nitrogens with zero attached hydrogens (tertiary/aromatic N) is 1. The summed E-state index contributed by atoms with van der Waals surface area (Å²) in [6, 6.07) is 7.93. The van der Waals surface area contributed by atoms with Crippen LogP contribution in [-0.2, 0) is 16.1 Å². The summed E-state index contributed by atoms with van der Waals surface area (Å²) in [5.41, 5.74) is 1.64. The first-order valence-electron chi connectivity index (χ1n) is 8.70. The largest absolute Gasteiger partial charge is 0.445 e. The molecule has 0 unspecified atom stereocenters. The van der Waals surface area contributed by atoms with Gasteiger partial charge in [-0.3, -0.25) is 0 Å². The Bertz CT molecular complexity index is 584. The first-order chi connectivity index (χ1) is 11.7. The topological polar surface area (TPSA) is 67.9 Å². The summed E-state index contributed by atoms with van der Waals surface area (Å²) in [7, 11) is 0. The van der Waals surface area contributed by atoms with E-state index in [-0.39, 0.29) is 18.7 Å².